The van der Waals surface area contributed by atoms with Crippen molar-refractivity contribution >= 4 is 33.2 Å². The Hall–Kier alpha value is -2.03. The van der Waals surface area contributed by atoms with E-state index in [0.717, 1.165) is 71.8 Å². The van der Waals surface area contributed by atoms with Crippen molar-refractivity contribution in [1.29, 1.82) is 0 Å². The van der Waals surface area contributed by atoms with Gasteiger partial charge in [-0.15, -0.1) is 11.3 Å². The van der Waals surface area contributed by atoms with Crippen LogP contribution in [-0.2, 0) is 18.5 Å². The number of amides is 1. The van der Waals surface area contributed by atoms with Crippen molar-refractivity contribution in [3.63, 3.8) is 0 Å². The second-order valence-corrected chi connectivity index (χ2v) is 11.8. The normalized spacial score (nSPS) is 15.5. The maximum atomic E-state index is 13.2. The summed E-state index contributed by atoms with van der Waals surface area (Å²) < 4.78 is 3.05. The summed E-state index contributed by atoms with van der Waals surface area (Å²) in [6.07, 6.45) is 0.979. The van der Waals surface area contributed by atoms with Crippen LogP contribution in [0.3, 0.4) is 0 Å². The molecule has 1 saturated heterocycles. The monoisotopic (exact) mass is 543 g/mol. The molecule has 3 aromatic rings. The zero-order chi connectivity index (χ0) is 24.5. The average molecular weight is 545 g/mol. The minimum absolute atomic E-state index is 0.0908. The summed E-state index contributed by atoms with van der Waals surface area (Å²) in [6.45, 7) is 15.6. The average Bonchev–Trinajstić information content (AvgIpc) is 3.27. The molecule has 0 saturated carbocycles. The fourth-order valence-electron chi connectivity index (χ4n) is 4.22. The van der Waals surface area contributed by atoms with E-state index in [2.05, 4.69) is 59.0 Å². The fourth-order valence-corrected chi connectivity index (χ4v) is 5.40. The molecule has 3 heterocycles. The van der Waals surface area contributed by atoms with Crippen molar-refractivity contribution in [3.05, 3.63) is 67.3 Å². The number of benzene rings is 1. The first-order valence-corrected chi connectivity index (χ1v) is 13.5. The molecule has 34 heavy (non-hydrogen) atoms. The number of hydrogen-bond acceptors (Lipinski definition) is 5. The second kappa shape index (κ2) is 10.3. The van der Waals surface area contributed by atoms with Crippen LogP contribution < -0.4 is 0 Å². The van der Waals surface area contributed by atoms with E-state index in [1.807, 2.05) is 40.8 Å². The Morgan fingerprint density at radius 1 is 1.06 bits per heavy atom. The smallest absolute Gasteiger partial charge is 0.253 e. The van der Waals surface area contributed by atoms with Crippen LogP contribution in [0.15, 0.2) is 34.1 Å². The molecular weight excluding hydrogens is 510 g/mol. The predicted octanol–water partition coefficient (Wildman–Crippen LogP) is 5.41. The molecule has 8 heteroatoms. The first kappa shape index (κ1) is 25.1. The summed E-state index contributed by atoms with van der Waals surface area (Å²) in [5.41, 5.74) is 5.21. The van der Waals surface area contributed by atoms with Gasteiger partial charge in [0.25, 0.3) is 5.91 Å². The quantitative estimate of drug-likeness (QED) is 0.431. The van der Waals surface area contributed by atoms with Crippen LogP contribution in [0, 0.1) is 13.8 Å². The first-order chi connectivity index (χ1) is 16.1. The van der Waals surface area contributed by atoms with Gasteiger partial charge in [-0.1, -0.05) is 32.9 Å². The highest BCUT2D eigenvalue weighted by Gasteiger charge is 2.22. The van der Waals surface area contributed by atoms with Crippen LogP contribution in [0.25, 0.3) is 0 Å². The van der Waals surface area contributed by atoms with Crippen LogP contribution in [0.1, 0.15) is 65.2 Å². The molecule has 1 aromatic carbocycles. The number of carbonyl (C=O) groups is 1. The van der Waals surface area contributed by atoms with Crippen molar-refractivity contribution in [3.8, 4) is 0 Å². The Morgan fingerprint density at radius 3 is 2.41 bits per heavy atom. The molecule has 6 nitrogen and oxygen atoms in total. The third-order valence-corrected chi connectivity index (χ3v) is 8.75. The molecule has 1 aliphatic heterocycles. The lowest BCUT2D eigenvalue weighted by molar-refractivity contribution is 0.0761. The molecule has 0 atom stereocenters. The highest BCUT2D eigenvalue weighted by atomic mass is 79.9. The molecule has 1 fully saturated rings. The zero-order valence-electron chi connectivity index (χ0n) is 20.8. The van der Waals surface area contributed by atoms with E-state index in [4.69, 9.17) is 4.98 Å². The van der Waals surface area contributed by atoms with Gasteiger partial charge in [0.05, 0.1) is 33.1 Å². The number of aromatic nitrogens is 3. The third-order valence-electron chi connectivity index (χ3n) is 6.28. The maximum Gasteiger partial charge on any atom is 0.253 e. The molecule has 0 spiro atoms. The van der Waals surface area contributed by atoms with Crippen LogP contribution in [-0.4, -0.2) is 56.7 Å². The van der Waals surface area contributed by atoms with Gasteiger partial charge in [0, 0.05) is 49.1 Å². The van der Waals surface area contributed by atoms with Crippen LogP contribution in [0.2, 0.25) is 0 Å². The van der Waals surface area contributed by atoms with Crippen LogP contribution >= 0.6 is 27.3 Å². The van der Waals surface area contributed by atoms with Crippen molar-refractivity contribution in [2.24, 2.45) is 0 Å². The molecule has 0 radical (unpaired) electrons. The number of rotatable bonds is 5. The standard InChI is InChI=1S/C26H34BrN5OS/c1-18-23(27)19(2)32(29-18)15-20-7-9-21(10-8-20)24(33)31-12-6-11-30(13-14-31)16-22-17-34-25(28-22)26(3,4)5/h7-10,17H,6,11-16H2,1-5H3. The molecule has 1 amide bonds. The Kier molecular flexibility index (Phi) is 7.60. The van der Waals surface area contributed by atoms with Crippen molar-refractivity contribution < 1.29 is 4.79 Å². The lowest BCUT2D eigenvalue weighted by Crippen LogP contribution is -2.35. The molecular formula is C26H34BrN5OS. The van der Waals surface area contributed by atoms with Gasteiger partial charge in [0.2, 0.25) is 0 Å². The number of halogens is 1. The SMILES string of the molecule is Cc1nn(Cc2ccc(C(=O)N3CCCN(Cc4csc(C(C)(C)C)n4)CC3)cc2)c(C)c1Br. The van der Waals surface area contributed by atoms with Crippen molar-refractivity contribution in [2.45, 2.75) is 59.5 Å². The number of hydrogen-bond donors (Lipinski definition) is 0. The van der Waals surface area contributed by atoms with E-state index >= 15 is 0 Å². The summed E-state index contributed by atoms with van der Waals surface area (Å²) in [4.78, 5) is 22.4. The van der Waals surface area contributed by atoms with Crippen LogP contribution in [0.5, 0.6) is 0 Å². The van der Waals surface area contributed by atoms with E-state index in [-0.39, 0.29) is 11.3 Å². The number of thiazole rings is 1. The van der Waals surface area contributed by atoms with Gasteiger partial charge in [-0.3, -0.25) is 14.4 Å². The van der Waals surface area contributed by atoms with E-state index in [1.165, 1.54) is 5.01 Å². The van der Waals surface area contributed by atoms with E-state index in [9.17, 15) is 4.79 Å². The second-order valence-electron chi connectivity index (χ2n) is 10.2. The first-order valence-electron chi connectivity index (χ1n) is 11.9. The zero-order valence-corrected chi connectivity index (χ0v) is 23.2. The lowest BCUT2D eigenvalue weighted by atomic mass is 9.98. The number of aryl methyl sites for hydroxylation is 1. The topological polar surface area (TPSA) is 54.3 Å². The van der Waals surface area contributed by atoms with Gasteiger partial charge >= 0.3 is 0 Å². The highest BCUT2D eigenvalue weighted by Crippen LogP contribution is 2.26. The largest absolute Gasteiger partial charge is 0.337 e. The van der Waals surface area contributed by atoms with Crippen molar-refractivity contribution in [2.75, 3.05) is 26.2 Å². The number of carbonyl (C=O) groups excluding carboxylic acids is 1. The van der Waals surface area contributed by atoms with Gasteiger partial charge in [-0.25, -0.2) is 4.98 Å². The molecule has 182 valence electrons. The van der Waals surface area contributed by atoms with Gasteiger partial charge < -0.3 is 4.90 Å². The van der Waals surface area contributed by atoms with Gasteiger partial charge in [0.15, 0.2) is 0 Å². The predicted molar refractivity (Wildman–Crippen MR) is 142 cm³/mol. The minimum atomic E-state index is 0.0908. The molecule has 0 aliphatic carbocycles. The Bertz CT molecular complexity index is 1150. The number of nitrogens with zero attached hydrogens (tertiary/aromatic N) is 5. The molecule has 4 rings (SSSR count). The summed E-state index contributed by atoms with van der Waals surface area (Å²) in [5.74, 6) is 0.117. The molecule has 1 aliphatic rings. The Morgan fingerprint density at radius 2 is 1.79 bits per heavy atom. The molecule has 0 unspecified atom stereocenters. The molecule has 0 N–H and O–H groups in total. The maximum absolute atomic E-state index is 13.2. The Balaban J connectivity index is 1.34. The molecule has 0 bridgehead atoms. The fraction of sp³-hybridized carbons (Fsp3) is 0.500. The van der Waals surface area contributed by atoms with Crippen molar-refractivity contribution in [1.82, 2.24) is 24.6 Å². The highest BCUT2D eigenvalue weighted by molar-refractivity contribution is 9.10. The minimum Gasteiger partial charge on any atom is -0.337 e. The van der Waals surface area contributed by atoms with E-state index < -0.39 is 0 Å². The molecule has 2 aromatic heterocycles. The lowest BCUT2D eigenvalue weighted by Gasteiger charge is -2.22. The van der Waals surface area contributed by atoms with Gasteiger partial charge in [0.1, 0.15) is 0 Å². The van der Waals surface area contributed by atoms with E-state index in [0.29, 0.717) is 6.54 Å². The van der Waals surface area contributed by atoms with Gasteiger partial charge in [-0.05, 0) is 53.9 Å². The Labute approximate surface area is 215 Å². The third kappa shape index (κ3) is 5.78. The van der Waals surface area contributed by atoms with Gasteiger partial charge in [-0.2, -0.15) is 5.10 Å². The summed E-state index contributed by atoms with van der Waals surface area (Å²) in [6, 6.07) is 7.97. The van der Waals surface area contributed by atoms with Crippen LogP contribution in [0.4, 0.5) is 0 Å². The summed E-state index contributed by atoms with van der Waals surface area (Å²) in [7, 11) is 0. The van der Waals surface area contributed by atoms with E-state index in [1.54, 1.807) is 11.3 Å². The summed E-state index contributed by atoms with van der Waals surface area (Å²) >= 11 is 5.33. The summed E-state index contributed by atoms with van der Waals surface area (Å²) in [5, 5.41) is 7.95.